The number of allylic oxidation sites excluding steroid dienone is 1. The summed E-state index contributed by atoms with van der Waals surface area (Å²) >= 11 is 11.8. The molecule has 88 valence electrons. The van der Waals surface area contributed by atoms with Crippen molar-refractivity contribution in [2.75, 3.05) is 0 Å². The topological polar surface area (TPSA) is 21.3 Å². The lowest BCUT2D eigenvalue weighted by Gasteiger charge is -2.10. The highest BCUT2D eigenvalue weighted by Crippen LogP contribution is 2.22. The molecule has 0 aliphatic rings. The Balaban J connectivity index is 2.74. The second-order valence-corrected chi connectivity index (χ2v) is 4.61. The van der Waals surface area contributed by atoms with Gasteiger partial charge in [0, 0.05) is 15.7 Å². The van der Waals surface area contributed by atoms with E-state index in [2.05, 4.69) is 5.48 Å². The molecule has 0 aliphatic heterocycles. The van der Waals surface area contributed by atoms with Crippen molar-refractivity contribution in [1.82, 2.24) is 5.48 Å². The van der Waals surface area contributed by atoms with Crippen LogP contribution >= 0.6 is 23.2 Å². The molecule has 1 aromatic rings. The van der Waals surface area contributed by atoms with Gasteiger partial charge in [-0.15, -0.1) is 0 Å². The maximum Gasteiger partial charge on any atom is 0.0797 e. The Morgan fingerprint density at radius 1 is 1.38 bits per heavy atom. The predicted octanol–water partition coefficient (Wildman–Crippen LogP) is 4.28. The monoisotopic (exact) mass is 259 g/mol. The summed E-state index contributed by atoms with van der Waals surface area (Å²) in [5.41, 5.74) is 4.63. The van der Waals surface area contributed by atoms with Gasteiger partial charge in [0.25, 0.3) is 0 Å². The summed E-state index contributed by atoms with van der Waals surface area (Å²) in [5.74, 6) is 0. The second kappa shape index (κ2) is 6.14. The van der Waals surface area contributed by atoms with Crippen molar-refractivity contribution >= 4 is 29.3 Å². The van der Waals surface area contributed by atoms with Crippen molar-refractivity contribution in [2.24, 2.45) is 0 Å². The van der Waals surface area contributed by atoms with E-state index in [1.165, 1.54) is 0 Å². The Labute approximate surface area is 106 Å². The predicted molar refractivity (Wildman–Crippen MR) is 69.5 cm³/mol. The average Bonchev–Trinajstić information content (AvgIpc) is 2.19. The van der Waals surface area contributed by atoms with Gasteiger partial charge in [0.15, 0.2) is 0 Å². The molecule has 0 aliphatic carbocycles. The zero-order valence-electron chi connectivity index (χ0n) is 9.55. The largest absolute Gasteiger partial charge is 0.274 e. The molecule has 0 bridgehead atoms. The maximum absolute atomic E-state index is 6.04. The lowest BCUT2D eigenvalue weighted by molar-refractivity contribution is 0.0146. The van der Waals surface area contributed by atoms with Gasteiger partial charge >= 0.3 is 0 Å². The van der Waals surface area contributed by atoms with Crippen molar-refractivity contribution in [3.05, 3.63) is 39.5 Å². The van der Waals surface area contributed by atoms with Crippen LogP contribution in [-0.4, -0.2) is 6.10 Å². The van der Waals surface area contributed by atoms with Crippen LogP contribution in [0, 0.1) is 0 Å². The molecule has 0 saturated heterocycles. The summed E-state index contributed by atoms with van der Waals surface area (Å²) < 4.78 is 0. The lowest BCUT2D eigenvalue weighted by atomic mass is 10.2. The standard InChI is InChI=1S/C12H15Cl2NO/c1-8(2)16-15-9(3)6-10-4-5-11(13)7-12(10)14/h4-8,15H,1-3H3/b9-6+. The van der Waals surface area contributed by atoms with E-state index >= 15 is 0 Å². The summed E-state index contributed by atoms with van der Waals surface area (Å²) in [6.07, 6.45) is 2.03. The normalized spacial score (nSPS) is 12.0. The zero-order valence-corrected chi connectivity index (χ0v) is 11.1. The van der Waals surface area contributed by atoms with Gasteiger partial charge in [-0.1, -0.05) is 29.3 Å². The van der Waals surface area contributed by atoms with Crippen molar-refractivity contribution in [1.29, 1.82) is 0 Å². The van der Waals surface area contributed by atoms with Gasteiger partial charge in [-0.25, -0.2) is 0 Å². The van der Waals surface area contributed by atoms with Crippen LogP contribution in [0.2, 0.25) is 10.0 Å². The van der Waals surface area contributed by atoms with E-state index in [-0.39, 0.29) is 6.10 Å². The molecule has 0 unspecified atom stereocenters. The molecular formula is C12H15Cl2NO. The summed E-state index contributed by atoms with van der Waals surface area (Å²) in [6, 6.07) is 5.38. The molecule has 0 amide bonds. The van der Waals surface area contributed by atoms with E-state index in [1.54, 1.807) is 12.1 Å². The number of halogens is 2. The highest BCUT2D eigenvalue weighted by atomic mass is 35.5. The molecule has 4 heteroatoms. The van der Waals surface area contributed by atoms with Gasteiger partial charge in [-0.3, -0.25) is 10.3 Å². The van der Waals surface area contributed by atoms with Crippen molar-refractivity contribution < 1.29 is 4.84 Å². The molecule has 0 radical (unpaired) electrons. The molecule has 0 saturated carbocycles. The van der Waals surface area contributed by atoms with Crippen LogP contribution < -0.4 is 5.48 Å². The number of hydrogen-bond acceptors (Lipinski definition) is 2. The van der Waals surface area contributed by atoms with E-state index in [4.69, 9.17) is 28.0 Å². The molecule has 16 heavy (non-hydrogen) atoms. The van der Waals surface area contributed by atoms with E-state index in [0.29, 0.717) is 10.0 Å². The molecule has 0 atom stereocenters. The van der Waals surface area contributed by atoms with Crippen LogP contribution in [0.5, 0.6) is 0 Å². The minimum Gasteiger partial charge on any atom is -0.274 e. The third-order valence-electron chi connectivity index (χ3n) is 1.79. The summed E-state index contributed by atoms with van der Waals surface area (Å²) in [6.45, 7) is 5.82. The van der Waals surface area contributed by atoms with Gasteiger partial charge in [0.05, 0.1) is 6.10 Å². The fraction of sp³-hybridized carbons (Fsp3) is 0.333. The Morgan fingerprint density at radius 3 is 2.62 bits per heavy atom. The fourth-order valence-electron chi connectivity index (χ4n) is 1.09. The lowest BCUT2D eigenvalue weighted by Crippen LogP contribution is -2.17. The molecular weight excluding hydrogens is 245 g/mol. The number of rotatable bonds is 4. The van der Waals surface area contributed by atoms with Crippen LogP contribution in [0.3, 0.4) is 0 Å². The van der Waals surface area contributed by atoms with E-state index in [0.717, 1.165) is 11.3 Å². The smallest absolute Gasteiger partial charge is 0.0797 e. The minimum absolute atomic E-state index is 0.129. The Bertz CT molecular complexity index is 389. The molecule has 1 N–H and O–H groups in total. The Kier molecular flexibility index (Phi) is 5.13. The van der Waals surface area contributed by atoms with Crippen molar-refractivity contribution in [2.45, 2.75) is 26.9 Å². The number of hydroxylamine groups is 1. The van der Waals surface area contributed by atoms with Crippen LogP contribution in [0.15, 0.2) is 23.9 Å². The summed E-state index contributed by atoms with van der Waals surface area (Å²) in [5, 5.41) is 1.25. The highest BCUT2D eigenvalue weighted by Gasteiger charge is 1.99. The van der Waals surface area contributed by atoms with Gasteiger partial charge in [-0.05, 0) is 44.5 Å². The molecule has 1 aromatic carbocycles. The molecule has 0 aromatic heterocycles. The molecule has 0 heterocycles. The second-order valence-electron chi connectivity index (χ2n) is 3.76. The highest BCUT2D eigenvalue weighted by molar-refractivity contribution is 6.35. The van der Waals surface area contributed by atoms with Gasteiger partial charge in [0.1, 0.15) is 0 Å². The van der Waals surface area contributed by atoms with Gasteiger partial charge < -0.3 is 0 Å². The molecule has 1 rings (SSSR count). The maximum atomic E-state index is 6.04. The minimum atomic E-state index is 0.129. The van der Waals surface area contributed by atoms with E-state index in [1.807, 2.05) is 32.9 Å². The summed E-state index contributed by atoms with van der Waals surface area (Å²) in [4.78, 5) is 5.25. The first kappa shape index (κ1) is 13.4. The summed E-state index contributed by atoms with van der Waals surface area (Å²) in [7, 11) is 0. The van der Waals surface area contributed by atoms with Crippen molar-refractivity contribution in [3.8, 4) is 0 Å². The first-order valence-electron chi connectivity index (χ1n) is 5.04. The van der Waals surface area contributed by atoms with Crippen molar-refractivity contribution in [3.63, 3.8) is 0 Å². The zero-order chi connectivity index (χ0) is 12.1. The average molecular weight is 260 g/mol. The first-order valence-corrected chi connectivity index (χ1v) is 5.79. The van der Waals surface area contributed by atoms with Crippen LogP contribution in [0.25, 0.3) is 6.08 Å². The number of benzene rings is 1. The van der Waals surface area contributed by atoms with Gasteiger partial charge in [0.2, 0.25) is 0 Å². The fourth-order valence-corrected chi connectivity index (χ4v) is 1.56. The first-order chi connectivity index (χ1) is 7.49. The van der Waals surface area contributed by atoms with Crippen LogP contribution in [0.4, 0.5) is 0 Å². The third-order valence-corrected chi connectivity index (χ3v) is 2.35. The Morgan fingerprint density at radius 2 is 2.06 bits per heavy atom. The quantitative estimate of drug-likeness (QED) is 0.815. The third kappa shape index (κ3) is 4.44. The SMILES string of the molecule is C/C(=C\c1ccc(Cl)cc1Cl)NOC(C)C. The van der Waals surface area contributed by atoms with Crippen LogP contribution in [-0.2, 0) is 4.84 Å². The molecule has 0 spiro atoms. The van der Waals surface area contributed by atoms with E-state index < -0.39 is 0 Å². The van der Waals surface area contributed by atoms with Crippen LogP contribution in [0.1, 0.15) is 26.3 Å². The van der Waals surface area contributed by atoms with Gasteiger partial charge in [-0.2, -0.15) is 0 Å². The Hall–Kier alpha value is -0.700. The van der Waals surface area contributed by atoms with E-state index in [9.17, 15) is 0 Å². The number of hydrogen-bond donors (Lipinski definition) is 1. The molecule has 0 fully saturated rings. The molecule has 2 nitrogen and oxygen atoms in total. The number of nitrogens with one attached hydrogen (secondary N) is 1.